The third kappa shape index (κ3) is 5.30. The van der Waals surface area contributed by atoms with Crippen LogP contribution in [0.5, 0.6) is 17.2 Å². The molecule has 1 aliphatic heterocycles. The van der Waals surface area contributed by atoms with Crippen molar-refractivity contribution in [3.63, 3.8) is 0 Å². The highest BCUT2D eigenvalue weighted by molar-refractivity contribution is 7.88. The Bertz CT molecular complexity index is 1030. The van der Waals surface area contributed by atoms with E-state index in [2.05, 4.69) is 15.5 Å². The largest absolute Gasteiger partial charge is 0.490 e. The van der Waals surface area contributed by atoms with E-state index in [1.807, 2.05) is 20.8 Å². The van der Waals surface area contributed by atoms with Crippen LogP contribution in [0.4, 0.5) is 6.01 Å². The summed E-state index contributed by atoms with van der Waals surface area (Å²) in [5.74, 6) is 1.04. The fourth-order valence-electron chi connectivity index (χ4n) is 3.49. The summed E-state index contributed by atoms with van der Waals surface area (Å²) in [6, 6.07) is 2.45. The summed E-state index contributed by atoms with van der Waals surface area (Å²) >= 11 is 0. The van der Waals surface area contributed by atoms with Gasteiger partial charge in [0.25, 0.3) is 0 Å². The second kappa shape index (κ2) is 10.2. The number of ether oxygens (including phenoxy) is 3. The van der Waals surface area contributed by atoms with Gasteiger partial charge in [0.1, 0.15) is 6.04 Å². The number of carbonyl (C=O) groups excluding carboxylic acids is 1. The smallest absolute Gasteiger partial charge is 0.322 e. The molecule has 1 aromatic carbocycles. The maximum atomic E-state index is 12.6. The average molecular weight is 469 g/mol. The first kappa shape index (κ1) is 23.8. The first-order chi connectivity index (χ1) is 15.3. The van der Waals surface area contributed by atoms with Crippen molar-refractivity contribution in [1.82, 2.24) is 14.5 Å². The lowest BCUT2D eigenvalue weighted by atomic mass is 10.2. The molecule has 176 valence electrons. The standard InChI is InChI=1S/C20H28N4O7S/c1-5-28-15-11-13(12-16(29-6-2)17(15)30-7-3)19-22-23-20(31-19)21-18(25)14-9-8-10-24(14)32(4,26)27/h11-12,14H,5-10H2,1-4H3,(H,21,23,25). The van der Waals surface area contributed by atoms with Crippen LogP contribution >= 0.6 is 0 Å². The molecular weight excluding hydrogens is 440 g/mol. The molecule has 0 radical (unpaired) electrons. The number of nitrogens with zero attached hydrogens (tertiary/aromatic N) is 3. The third-order valence-corrected chi connectivity index (χ3v) is 6.03. The molecule has 11 nitrogen and oxygen atoms in total. The lowest BCUT2D eigenvalue weighted by molar-refractivity contribution is -0.119. The lowest BCUT2D eigenvalue weighted by Crippen LogP contribution is -2.42. The fourth-order valence-corrected chi connectivity index (χ4v) is 4.61. The van der Waals surface area contributed by atoms with Gasteiger partial charge in [0.05, 0.1) is 26.1 Å². The SMILES string of the molecule is CCOc1cc(-c2nnc(NC(=O)C3CCCN3S(C)(=O)=O)o2)cc(OCC)c1OCC. The van der Waals surface area contributed by atoms with Crippen LogP contribution in [0.3, 0.4) is 0 Å². The Labute approximate surface area is 187 Å². The summed E-state index contributed by atoms with van der Waals surface area (Å²) in [5, 5.41) is 10.4. The van der Waals surface area contributed by atoms with Crippen LogP contribution in [0, 0.1) is 0 Å². The van der Waals surface area contributed by atoms with E-state index in [1.165, 1.54) is 4.31 Å². The van der Waals surface area contributed by atoms with Crippen molar-refractivity contribution in [1.29, 1.82) is 0 Å². The predicted octanol–water partition coefficient (Wildman–Crippen LogP) is 2.30. The van der Waals surface area contributed by atoms with Crippen molar-refractivity contribution in [3.8, 4) is 28.7 Å². The normalized spacial score (nSPS) is 16.7. The summed E-state index contributed by atoms with van der Waals surface area (Å²) in [6.45, 7) is 7.14. The zero-order valence-electron chi connectivity index (χ0n) is 18.6. The molecule has 1 unspecified atom stereocenters. The molecule has 1 saturated heterocycles. The minimum atomic E-state index is -3.49. The quantitative estimate of drug-likeness (QED) is 0.557. The van der Waals surface area contributed by atoms with E-state index in [9.17, 15) is 13.2 Å². The summed E-state index contributed by atoms with van der Waals surface area (Å²) in [5.41, 5.74) is 0.520. The van der Waals surface area contributed by atoms with E-state index in [1.54, 1.807) is 12.1 Å². The second-order valence-electron chi connectivity index (χ2n) is 7.03. The number of sulfonamides is 1. The number of amides is 1. The fraction of sp³-hybridized carbons (Fsp3) is 0.550. The maximum Gasteiger partial charge on any atom is 0.322 e. The molecular formula is C20H28N4O7S. The van der Waals surface area contributed by atoms with E-state index in [0.29, 0.717) is 62.0 Å². The van der Waals surface area contributed by atoms with Crippen LogP contribution in [0.2, 0.25) is 0 Å². The highest BCUT2D eigenvalue weighted by atomic mass is 32.2. The number of carbonyl (C=O) groups is 1. The molecule has 2 heterocycles. The molecule has 12 heteroatoms. The van der Waals surface area contributed by atoms with E-state index in [0.717, 1.165) is 6.26 Å². The van der Waals surface area contributed by atoms with E-state index in [4.69, 9.17) is 18.6 Å². The van der Waals surface area contributed by atoms with Crippen molar-refractivity contribution in [2.75, 3.05) is 37.9 Å². The number of hydrogen-bond acceptors (Lipinski definition) is 9. The van der Waals surface area contributed by atoms with Crippen molar-refractivity contribution in [2.45, 2.75) is 39.7 Å². The monoisotopic (exact) mass is 468 g/mol. The van der Waals surface area contributed by atoms with E-state index in [-0.39, 0.29) is 11.9 Å². The number of benzene rings is 1. The molecule has 1 N–H and O–H groups in total. The number of hydrogen-bond donors (Lipinski definition) is 1. The van der Waals surface area contributed by atoms with Gasteiger partial charge in [0, 0.05) is 12.1 Å². The molecule has 0 saturated carbocycles. The van der Waals surface area contributed by atoms with Gasteiger partial charge < -0.3 is 18.6 Å². The maximum absolute atomic E-state index is 12.6. The van der Waals surface area contributed by atoms with Crippen LogP contribution in [0.1, 0.15) is 33.6 Å². The van der Waals surface area contributed by atoms with Gasteiger partial charge in [-0.25, -0.2) is 8.42 Å². The van der Waals surface area contributed by atoms with Crippen molar-refractivity contribution in [3.05, 3.63) is 12.1 Å². The van der Waals surface area contributed by atoms with Gasteiger partial charge in [-0.3, -0.25) is 10.1 Å². The van der Waals surface area contributed by atoms with Gasteiger partial charge in [-0.2, -0.15) is 4.31 Å². The number of aromatic nitrogens is 2. The Morgan fingerprint density at radius 1 is 1.12 bits per heavy atom. The number of nitrogens with one attached hydrogen (secondary N) is 1. The third-order valence-electron chi connectivity index (χ3n) is 4.74. The molecule has 0 spiro atoms. The number of anilines is 1. The van der Waals surface area contributed by atoms with Crippen LogP contribution in [-0.2, 0) is 14.8 Å². The molecule has 1 aliphatic rings. The molecule has 1 fully saturated rings. The van der Waals surface area contributed by atoms with Crippen LogP contribution < -0.4 is 19.5 Å². The van der Waals surface area contributed by atoms with Crippen molar-refractivity contribution >= 4 is 21.9 Å². The van der Waals surface area contributed by atoms with Crippen LogP contribution in [-0.4, -0.2) is 67.5 Å². The van der Waals surface area contributed by atoms with E-state index >= 15 is 0 Å². The summed E-state index contributed by atoms with van der Waals surface area (Å²) < 4.78 is 47.7. The number of rotatable bonds is 10. The molecule has 1 amide bonds. The van der Waals surface area contributed by atoms with Gasteiger partial charge in [0.2, 0.25) is 27.6 Å². The Kier molecular flexibility index (Phi) is 7.56. The Morgan fingerprint density at radius 3 is 2.31 bits per heavy atom. The first-order valence-electron chi connectivity index (χ1n) is 10.5. The van der Waals surface area contributed by atoms with Gasteiger partial charge in [0.15, 0.2) is 11.5 Å². The molecule has 0 aliphatic carbocycles. The Balaban J connectivity index is 1.85. The molecule has 1 atom stereocenters. The predicted molar refractivity (Wildman–Crippen MR) is 116 cm³/mol. The Hall–Kier alpha value is -2.86. The highest BCUT2D eigenvalue weighted by Crippen LogP contribution is 2.41. The minimum absolute atomic E-state index is 0.129. The molecule has 2 aromatic rings. The first-order valence-corrected chi connectivity index (χ1v) is 12.3. The zero-order chi connectivity index (χ0) is 23.3. The van der Waals surface area contributed by atoms with Crippen LogP contribution in [0.25, 0.3) is 11.5 Å². The molecule has 3 rings (SSSR count). The summed E-state index contributed by atoms with van der Waals surface area (Å²) in [7, 11) is -3.49. The molecule has 32 heavy (non-hydrogen) atoms. The Morgan fingerprint density at radius 2 is 1.75 bits per heavy atom. The topological polar surface area (TPSA) is 133 Å². The van der Waals surface area contributed by atoms with E-state index < -0.39 is 22.0 Å². The average Bonchev–Trinajstić information content (AvgIpc) is 3.40. The highest BCUT2D eigenvalue weighted by Gasteiger charge is 2.37. The van der Waals surface area contributed by atoms with Gasteiger partial charge in [-0.05, 0) is 45.7 Å². The summed E-state index contributed by atoms with van der Waals surface area (Å²) in [4.78, 5) is 12.6. The lowest BCUT2D eigenvalue weighted by Gasteiger charge is -2.20. The van der Waals surface area contributed by atoms with Gasteiger partial charge in [-0.15, -0.1) is 5.10 Å². The zero-order valence-corrected chi connectivity index (χ0v) is 19.4. The minimum Gasteiger partial charge on any atom is -0.490 e. The van der Waals surface area contributed by atoms with Crippen molar-refractivity contribution < 1.29 is 31.8 Å². The van der Waals surface area contributed by atoms with Gasteiger partial charge >= 0.3 is 6.01 Å². The van der Waals surface area contributed by atoms with Crippen LogP contribution in [0.15, 0.2) is 16.5 Å². The molecule has 1 aromatic heterocycles. The van der Waals surface area contributed by atoms with Crippen molar-refractivity contribution in [2.24, 2.45) is 0 Å². The second-order valence-corrected chi connectivity index (χ2v) is 8.97. The molecule has 0 bridgehead atoms. The van der Waals surface area contributed by atoms with Gasteiger partial charge in [-0.1, -0.05) is 5.10 Å². The summed E-state index contributed by atoms with van der Waals surface area (Å²) in [6.07, 6.45) is 2.11.